The van der Waals surface area contributed by atoms with E-state index < -0.39 is 0 Å². The number of aromatic nitrogens is 1. The summed E-state index contributed by atoms with van der Waals surface area (Å²) in [7, 11) is 4.59. The first-order valence-electron chi connectivity index (χ1n) is 8.75. The van der Waals surface area contributed by atoms with E-state index in [9.17, 15) is 4.79 Å². The number of nitrogens with one attached hydrogen (secondary N) is 1. The zero-order valence-corrected chi connectivity index (χ0v) is 16.0. The molecule has 0 unspecified atom stereocenters. The number of methoxy groups -OCH3 is 3. The lowest BCUT2D eigenvalue weighted by molar-refractivity contribution is 0.0857. The fourth-order valence-electron chi connectivity index (χ4n) is 3.15. The lowest BCUT2D eigenvalue weighted by atomic mass is 10.0. The molecule has 0 saturated carbocycles. The Morgan fingerprint density at radius 1 is 1.22 bits per heavy atom. The van der Waals surface area contributed by atoms with Crippen molar-refractivity contribution < 1.29 is 28.3 Å². The van der Waals surface area contributed by atoms with Gasteiger partial charge in [0.05, 0.1) is 33.1 Å². The summed E-state index contributed by atoms with van der Waals surface area (Å²) in [6.07, 6.45) is 2.02. The summed E-state index contributed by atoms with van der Waals surface area (Å²) in [6.45, 7) is 2.92. The molecule has 1 amide bonds. The van der Waals surface area contributed by atoms with E-state index in [2.05, 4.69) is 10.5 Å². The maximum absolute atomic E-state index is 12.8. The van der Waals surface area contributed by atoms with Gasteiger partial charge in [0.2, 0.25) is 5.75 Å². The highest BCUT2D eigenvalue weighted by Gasteiger charge is 2.25. The number of aryl methyl sites for hydroxylation is 1. The highest BCUT2D eigenvalue weighted by molar-refractivity contribution is 6.00. The van der Waals surface area contributed by atoms with Crippen LogP contribution in [0.3, 0.4) is 0 Å². The Balaban J connectivity index is 1.92. The molecule has 1 aromatic carbocycles. The first kappa shape index (κ1) is 19.0. The molecule has 1 saturated heterocycles. The van der Waals surface area contributed by atoms with E-state index in [0.29, 0.717) is 46.4 Å². The number of ether oxygens (including phenoxy) is 4. The second kappa shape index (κ2) is 8.30. The highest BCUT2D eigenvalue weighted by Crippen LogP contribution is 2.42. The van der Waals surface area contributed by atoms with E-state index in [1.807, 2.05) is 0 Å². The van der Waals surface area contributed by atoms with Gasteiger partial charge in [0.1, 0.15) is 5.56 Å². The lowest BCUT2D eigenvalue weighted by Gasteiger charge is -2.14. The monoisotopic (exact) mass is 376 g/mol. The predicted octanol–water partition coefficient (Wildman–Crippen LogP) is 2.58. The number of hydrogen-bond acceptors (Lipinski definition) is 7. The van der Waals surface area contributed by atoms with Crippen molar-refractivity contribution in [2.75, 3.05) is 34.5 Å². The summed E-state index contributed by atoms with van der Waals surface area (Å²) in [5.41, 5.74) is 1.48. The molecule has 1 N–H and O–H groups in total. The van der Waals surface area contributed by atoms with Crippen molar-refractivity contribution in [1.29, 1.82) is 0 Å². The number of nitrogens with zero attached hydrogens (tertiary/aromatic N) is 1. The minimum Gasteiger partial charge on any atom is -0.493 e. The molecule has 1 aromatic heterocycles. The van der Waals surface area contributed by atoms with Crippen molar-refractivity contribution >= 4 is 5.91 Å². The van der Waals surface area contributed by atoms with Crippen LogP contribution in [-0.4, -0.2) is 51.6 Å². The maximum Gasteiger partial charge on any atom is 0.257 e. The van der Waals surface area contributed by atoms with E-state index in [1.54, 1.807) is 19.1 Å². The van der Waals surface area contributed by atoms with Gasteiger partial charge in [-0.05, 0) is 31.9 Å². The molecule has 2 heterocycles. The summed E-state index contributed by atoms with van der Waals surface area (Å²) in [5, 5.41) is 6.87. The van der Waals surface area contributed by atoms with Crippen molar-refractivity contribution in [3.63, 3.8) is 0 Å². The first-order chi connectivity index (χ1) is 13.1. The molecule has 0 aliphatic carbocycles. The minimum atomic E-state index is -0.256. The van der Waals surface area contributed by atoms with Crippen LogP contribution < -0.4 is 19.5 Å². The fourth-order valence-corrected chi connectivity index (χ4v) is 3.15. The van der Waals surface area contributed by atoms with Crippen LogP contribution in [0.5, 0.6) is 17.2 Å². The molecule has 2 aromatic rings. The molecule has 27 heavy (non-hydrogen) atoms. The van der Waals surface area contributed by atoms with Crippen molar-refractivity contribution in [2.24, 2.45) is 0 Å². The van der Waals surface area contributed by atoms with Gasteiger partial charge in [0.15, 0.2) is 17.3 Å². The Morgan fingerprint density at radius 3 is 2.48 bits per heavy atom. The second-order valence-electron chi connectivity index (χ2n) is 6.23. The van der Waals surface area contributed by atoms with Gasteiger partial charge >= 0.3 is 0 Å². The summed E-state index contributed by atoms with van der Waals surface area (Å²) in [5.74, 6) is 1.48. The van der Waals surface area contributed by atoms with Crippen molar-refractivity contribution in [1.82, 2.24) is 10.5 Å². The number of carbonyl (C=O) groups is 1. The van der Waals surface area contributed by atoms with E-state index >= 15 is 0 Å². The summed E-state index contributed by atoms with van der Waals surface area (Å²) < 4.78 is 27.1. The van der Waals surface area contributed by atoms with Crippen LogP contribution in [0.25, 0.3) is 11.3 Å². The molecule has 3 rings (SSSR count). The van der Waals surface area contributed by atoms with Crippen LogP contribution in [0.2, 0.25) is 0 Å². The zero-order valence-electron chi connectivity index (χ0n) is 16.0. The largest absolute Gasteiger partial charge is 0.493 e. The van der Waals surface area contributed by atoms with Crippen LogP contribution in [0, 0.1) is 6.92 Å². The predicted molar refractivity (Wildman–Crippen MR) is 97.6 cm³/mol. The van der Waals surface area contributed by atoms with Crippen LogP contribution in [0.1, 0.15) is 28.9 Å². The molecular formula is C19H24N2O6. The SMILES string of the molecule is COc1cc(-c2onc(C)c2C(=O)NC[C@H]2CCCO2)cc(OC)c1OC. The Kier molecular flexibility index (Phi) is 5.85. The molecule has 1 atom stereocenters. The Morgan fingerprint density at radius 2 is 1.93 bits per heavy atom. The molecule has 8 heteroatoms. The van der Waals surface area contributed by atoms with Gasteiger partial charge in [-0.3, -0.25) is 4.79 Å². The van der Waals surface area contributed by atoms with Gasteiger partial charge in [-0.15, -0.1) is 0 Å². The molecule has 1 fully saturated rings. The first-order valence-corrected chi connectivity index (χ1v) is 8.75. The van der Waals surface area contributed by atoms with Crippen LogP contribution in [0.15, 0.2) is 16.7 Å². The molecule has 1 aliphatic rings. The number of rotatable bonds is 7. The maximum atomic E-state index is 12.8. The smallest absolute Gasteiger partial charge is 0.257 e. The summed E-state index contributed by atoms with van der Waals surface area (Å²) in [4.78, 5) is 12.8. The number of benzene rings is 1. The van der Waals surface area contributed by atoms with Gasteiger partial charge in [0.25, 0.3) is 5.91 Å². The molecular weight excluding hydrogens is 352 g/mol. The van der Waals surface area contributed by atoms with Gasteiger partial charge in [-0.25, -0.2) is 0 Å². The van der Waals surface area contributed by atoms with E-state index in [-0.39, 0.29) is 12.0 Å². The van der Waals surface area contributed by atoms with Gasteiger partial charge < -0.3 is 28.8 Å². The molecule has 0 bridgehead atoms. The van der Waals surface area contributed by atoms with Gasteiger partial charge in [0, 0.05) is 18.7 Å². The Labute approximate surface area is 157 Å². The normalized spacial score (nSPS) is 16.2. The molecule has 8 nitrogen and oxygen atoms in total. The van der Waals surface area contributed by atoms with Crippen molar-refractivity contribution in [3.05, 3.63) is 23.4 Å². The van der Waals surface area contributed by atoms with Crippen molar-refractivity contribution in [3.8, 4) is 28.6 Å². The average molecular weight is 376 g/mol. The van der Waals surface area contributed by atoms with Crippen LogP contribution in [0.4, 0.5) is 0 Å². The molecule has 1 aliphatic heterocycles. The van der Waals surface area contributed by atoms with E-state index in [1.165, 1.54) is 21.3 Å². The highest BCUT2D eigenvalue weighted by atomic mass is 16.5. The zero-order chi connectivity index (χ0) is 19.4. The van der Waals surface area contributed by atoms with E-state index in [4.69, 9.17) is 23.5 Å². The lowest BCUT2D eigenvalue weighted by Crippen LogP contribution is -2.32. The number of carbonyl (C=O) groups excluding carboxylic acids is 1. The van der Waals surface area contributed by atoms with Gasteiger partial charge in [-0.1, -0.05) is 5.16 Å². The Hall–Kier alpha value is -2.74. The molecule has 0 spiro atoms. The van der Waals surface area contributed by atoms with E-state index in [0.717, 1.165) is 19.4 Å². The third-order valence-corrected chi connectivity index (χ3v) is 4.53. The third kappa shape index (κ3) is 3.85. The van der Waals surface area contributed by atoms with Crippen molar-refractivity contribution in [2.45, 2.75) is 25.9 Å². The molecule has 146 valence electrons. The average Bonchev–Trinajstić information content (AvgIpc) is 3.34. The van der Waals surface area contributed by atoms with Crippen LogP contribution in [-0.2, 0) is 4.74 Å². The Bertz CT molecular complexity index is 786. The quantitative estimate of drug-likeness (QED) is 0.794. The standard InChI is InChI=1S/C19H24N2O6/c1-11-16(19(22)20-10-13-6-5-7-26-13)17(27-21-11)12-8-14(23-2)18(25-4)15(9-12)24-3/h8-9,13H,5-7,10H2,1-4H3,(H,20,22)/t13-/m1/s1. The fraction of sp³-hybridized carbons (Fsp3) is 0.474. The number of amides is 1. The summed E-state index contributed by atoms with van der Waals surface area (Å²) >= 11 is 0. The third-order valence-electron chi connectivity index (χ3n) is 4.53. The number of hydrogen-bond donors (Lipinski definition) is 1. The summed E-state index contributed by atoms with van der Waals surface area (Å²) in [6, 6.07) is 3.44. The second-order valence-corrected chi connectivity index (χ2v) is 6.23. The topological polar surface area (TPSA) is 92.1 Å². The minimum absolute atomic E-state index is 0.0544. The van der Waals surface area contributed by atoms with Crippen LogP contribution >= 0.6 is 0 Å². The van der Waals surface area contributed by atoms with Gasteiger partial charge in [-0.2, -0.15) is 0 Å². The molecule has 0 radical (unpaired) electrons.